The highest BCUT2D eigenvalue weighted by molar-refractivity contribution is 7.99. The third-order valence-electron chi connectivity index (χ3n) is 6.90. The molecule has 0 atom stereocenters. The Morgan fingerprint density at radius 2 is 1.48 bits per heavy atom. The van der Waals surface area contributed by atoms with Crippen molar-refractivity contribution in [3.8, 4) is 40.1 Å². The molecule has 1 aromatic heterocycles. The Labute approximate surface area is 271 Å². The Kier molecular flexibility index (Phi) is 10.4. The number of methoxy groups -OCH3 is 4. The van der Waals surface area contributed by atoms with Gasteiger partial charge in [0.15, 0.2) is 28.3 Å². The second kappa shape index (κ2) is 15.0. The molecule has 0 fully saturated rings. The summed E-state index contributed by atoms with van der Waals surface area (Å²) < 4.78 is 23.6. The Morgan fingerprint density at radius 1 is 0.804 bits per heavy atom. The molecule has 46 heavy (non-hydrogen) atoms. The van der Waals surface area contributed by atoms with Crippen molar-refractivity contribution in [1.82, 2.24) is 14.8 Å². The molecule has 1 amide bonds. The minimum atomic E-state index is -0.236. The number of carbonyl (C=O) groups is 2. The molecule has 0 saturated heterocycles. The monoisotopic (exact) mass is 636 g/mol. The van der Waals surface area contributed by atoms with Crippen LogP contribution >= 0.6 is 11.8 Å². The van der Waals surface area contributed by atoms with Gasteiger partial charge in [0.1, 0.15) is 5.75 Å². The van der Waals surface area contributed by atoms with Gasteiger partial charge in [0.25, 0.3) is 0 Å². The number of hydrogen-bond donors (Lipinski definition) is 1. The number of amides is 1. The maximum absolute atomic E-state index is 12.9. The fraction of sp³-hybridized carbons (Fsp3) is 0.143. The molecule has 0 aliphatic rings. The van der Waals surface area contributed by atoms with Crippen molar-refractivity contribution in [2.24, 2.45) is 0 Å². The number of nitrogens with zero attached hydrogens (tertiary/aromatic N) is 3. The molecule has 1 heterocycles. The minimum Gasteiger partial charge on any atom is -0.497 e. The smallest absolute Gasteiger partial charge is 0.234 e. The first-order valence-electron chi connectivity index (χ1n) is 14.1. The van der Waals surface area contributed by atoms with Gasteiger partial charge >= 0.3 is 0 Å². The highest BCUT2D eigenvalue weighted by atomic mass is 32.2. The van der Waals surface area contributed by atoms with E-state index < -0.39 is 0 Å². The first kappa shape index (κ1) is 31.9. The molecule has 4 aromatic carbocycles. The molecule has 0 aliphatic heterocycles. The average Bonchev–Trinajstić information content (AvgIpc) is 3.54. The van der Waals surface area contributed by atoms with E-state index in [2.05, 4.69) is 15.5 Å². The summed E-state index contributed by atoms with van der Waals surface area (Å²) in [5.41, 5.74) is 3.47. The highest BCUT2D eigenvalue weighted by Crippen LogP contribution is 2.41. The maximum Gasteiger partial charge on any atom is 0.234 e. The summed E-state index contributed by atoms with van der Waals surface area (Å²) in [5.74, 6) is 2.41. The molecule has 10 nitrogen and oxygen atoms in total. The van der Waals surface area contributed by atoms with Gasteiger partial charge in [-0.05, 0) is 72.3 Å². The third kappa shape index (κ3) is 7.39. The number of rotatable bonds is 13. The van der Waals surface area contributed by atoms with E-state index in [4.69, 9.17) is 18.9 Å². The van der Waals surface area contributed by atoms with Gasteiger partial charge in [0, 0.05) is 22.5 Å². The molecule has 0 radical (unpaired) electrons. The zero-order valence-corrected chi connectivity index (χ0v) is 26.5. The Bertz CT molecular complexity index is 1810. The van der Waals surface area contributed by atoms with Gasteiger partial charge in [-0.3, -0.25) is 14.2 Å². The number of allylic oxidation sites excluding steroid dienone is 1. The maximum atomic E-state index is 12.9. The van der Waals surface area contributed by atoms with Gasteiger partial charge in [-0.1, -0.05) is 48.2 Å². The van der Waals surface area contributed by atoms with E-state index in [1.54, 1.807) is 70.9 Å². The van der Waals surface area contributed by atoms with Crippen LogP contribution in [0.15, 0.2) is 102 Å². The second-order valence-electron chi connectivity index (χ2n) is 9.78. The summed E-state index contributed by atoms with van der Waals surface area (Å²) >= 11 is 1.25. The zero-order valence-electron chi connectivity index (χ0n) is 25.7. The molecule has 234 valence electrons. The molecule has 11 heteroatoms. The zero-order chi connectivity index (χ0) is 32.5. The summed E-state index contributed by atoms with van der Waals surface area (Å²) in [6, 6.07) is 27.4. The van der Waals surface area contributed by atoms with E-state index in [9.17, 15) is 9.59 Å². The lowest BCUT2D eigenvalue weighted by Crippen LogP contribution is -2.14. The van der Waals surface area contributed by atoms with Crippen molar-refractivity contribution in [2.45, 2.75) is 5.16 Å². The van der Waals surface area contributed by atoms with Crippen LogP contribution in [0, 0.1) is 0 Å². The van der Waals surface area contributed by atoms with Crippen LogP contribution in [-0.2, 0) is 4.79 Å². The van der Waals surface area contributed by atoms with Crippen molar-refractivity contribution < 1.29 is 28.5 Å². The molecule has 5 rings (SSSR count). The predicted molar refractivity (Wildman–Crippen MR) is 179 cm³/mol. The van der Waals surface area contributed by atoms with Gasteiger partial charge < -0.3 is 24.3 Å². The largest absolute Gasteiger partial charge is 0.497 e. The lowest BCUT2D eigenvalue weighted by molar-refractivity contribution is -0.113. The summed E-state index contributed by atoms with van der Waals surface area (Å²) in [7, 11) is 6.25. The molecular formula is C35H32N4O6S. The number of thioether (sulfide) groups is 1. The van der Waals surface area contributed by atoms with Crippen LogP contribution in [0.4, 0.5) is 5.69 Å². The van der Waals surface area contributed by atoms with Crippen LogP contribution in [0.25, 0.3) is 23.2 Å². The van der Waals surface area contributed by atoms with E-state index >= 15 is 0 Å². The van der Waals surface area contributed by atoms with Crippen LogP contribution in [-0.4, -0.2) is 60.6 Å². The van der Waals surface area contributed by atoms with Crippen LogP contribution in [0.3, 0.4) is 0 Å². The van der Waals surface area contributed by atoms with Crippen LogP contribution in [0.2, 0.25) is 0 Å². The Hall–Kier alpha value is -5.55. The molecule has 1 N–H and O–H groups in total. The van der Waals surface area contributed by atoms with Crippen molar-refractivity contribution in [3.63, 3.8) is 0 Å². The predicted octanol–water partition coefficient (Wildman–Crippen LogP) is 6.60. The molecule has 5 aromatic rings. The highest BCUT2D eigenvalue weighted by Gasteiger charge is 2.21. The number of para-hydroxylation sites is 1. The van der Waals surface area contributed by atoms with Crippen molar-refractivity contribution in [3.05, 3.63) is 108 Å². The summed E-state index contributed by atoms with van der Waals surface area (Å²) in [6.07, 6.45) is 3.26. The number of ether oxygens (including phenoxy) is 4. The van der Waals surface area contributed by atoms with Crippen LogP contribution in [0.1, 0.15) is 15.9 Å². The van der Waals surface area contributed by atoms with Gasteiger partial charge in [0.05, 0.1) is 34.2 Å². The second-order valence-corrected chi connectivity index (χ2v) is 10.7. The fourth-order valence-electron chi connectivity index (χ4n) is 4.60. The van der Waals surface area contributed by atoms with Gasteiger partial charge in [-0.15, -0.1) is 10.2 Å². The molecular weight excluding hydrogens is 604 g/mol. The standard InChI is InChI=1S/C35H32N4O6S/c1-42-28-17-10-23(11-18-28)12-19-29(40)24-13-15-26(16-14-24)36-32(41)22-46-35-38-37-34(39(35)27-8-6-5-7-9-27)25-20-30(43-2)33(45-4)31(21-25)44-3/h5-21H,22H2,1-4H3,(H,36,41)/b19-12+. The molecule has 0 spiro atoms. The summed E-state index contributed by atoms with van der Waals surface area (Å²) in [4.78, 5) is 25.6. The van der Waals surface area contributed by atoms with Crippen molar-refractivity contribution in [2.75, 3.05) is 39.5 Å². The number of hydrogen-bond acceptors (Lipinski definition) is 9. The van der Waals surface area contributed by atoms with E-state index in [1.807, 2.05) is 59.2 Å². The Balaban J connectivity index is 1.28. The summed E-state index contributed by atoms with van der Waals surface area (Å²) in [5, 5.41) is 12.3. The van der Waals surface area contributed by atoms with E-state index in [0.29, 0.717) is 45.0 Å². The van der Waals surface area contributed by atoms with Crippen molar-refractivity contribution in [1.29, 1.82) is 0 Å². The van der Waals surface area contributed by atoms with E-state index in [-0.39, 0.29) is 17.4 Å². The van der Waals surface area contributed by atoms with Crippen molar-refractivity contribution >= 4 is 35.2 Å². The SMILES string of the molecule is COc1ccc(/C=C/C(=O)c2ccc(NC(=O)CSc3nnc(-c4cc(OC)c(OC)c(OC)c4)n3-c3ccccc3)cc2)cc1. The number of ketones is 1. The van der Waals surface area contributed by atoms with Crippen LogP contribution < -0.4 is 24.3 Å². The normalized spacial score (nSPS) is 10.9. The number of carbonyl (C=O) groups excluding carboxylic acids is 2. The van der Waals surface area contributed by atoms with Gasteiger partial charge in [-0.2, -0.15) is 0 Å². The molecule has 0 unspecified atom stereocenters. The van der Waals surface area contributed by atoms with E-state index in [1.165, 1.54) is 17.8 Å². The number of benzene rings is 4. The molecule has 0 saturated carbocycles. The first-order chi connectivity index (χ1) is 22.4. The topological polar surface area (TPSA) is 114 Å². The first-order valence-corrected chi connectivity index (χ1v) is 15.1. The van der Waals surface area contributed by atoms with E-state index in [0.717, 1.165) is 17.0 Å². The van der Waals surface area contributed by atoms with Crippen LogP contribution in [0.5, 0.6) is 23.0 Å². The van der Waals surface area contributed by atoms with Gasteiger partial charge in [0.2, 0.25) is 11.7 Å². The lowest BCUT2D eigenvalue weighted by atomic mass is 10.1. The molecule has 0 bridgehead atoms. The average molecular weight is 637 g/mol. The minimum absolute atomic E-state index is 0.0749. The summed E-state index contributed by atoms with van der Waals surface area (Å²) in [6.45, 7) is 0. The lowest BCUT2D eigenvalue weighted by Gasteiger charge is -2.15. The number of aromatic nitrogens is 3. The number of nitrogens with one attached hydrogen (secondary N) is 1. The fourth-order valence-corrected chi connectivity index (χ4v) is 5.35. The molecule has 0 aliphatic carbocycles. The quantitative estimate of drug-likeness (QED) is 0.0868. The van der Waals surface area contributed by atoms with Gasteiger partial charge in [-0.25, -0.2) is 0 Å². The third-order valence-corrected chi connectivity index (χ3v) is 7.83. The Morgan fingerprint density at radius 3 is 2.09 bits per heavy atom. The number of anilines is 1.